The van der Waals surface area contributed by atoms with E-state index in [-0.39, 0.29) is 11.9 Å². The lowest BCUT2D eigenvalue weighted by molar-refractivity contribution is 0.0937. The lowest BCUT2D eigenvalue weighted by Crippen LogP contribution is -2.36. The molecule has 128 valence electrons. The van der Waals surface area contributed by atoms with Gasteiger partial charge in [-0.2, -0.15) is 5.10 Å². The quantitative estimate of drug-likeness (QED) is 0.696. The summed E-state index contributed by atoms with van der Waals surface area (Å²) in [5.74, 6) is -0.108. The van der Waals surface area contributed by atoms with E-state index >= 15 is 0 Å². The number of benzene rings is 2. The monoisotopic (exact) mass is 335 g/mol. The Bertz CT molecular complexity index is 802. The summed E-state index contributed by atoms with van der Waals surface area (Å²) in [5, 5.41) is 10.4. The number of anilines is 1. The first-order chi connectivity index (χ1) is 12.2. The van der Waals surface area contributed by atoms with Crippen molar-refractivity contribution in [1.82, 2.24) is 20.1 Å². The maximum Gasteiger partial charge on any atom is 0.253 e. The molecule has 3 aromatic rings. The number of rotatable bonds is 7. The van der Waals surface area contributed by atoms with Gasteiger partial charge in [-0.15, -0.1) is 0 Å². The summed E-state index contributed by atoms with van der Waals surface area (Å²) in [6.07, 6.45) is 3.12. The zero-order valence-electron chi connectivity index (χ0n) is 14.1. The summed E-state index contributed by atoms with van der Waals surface area (Å²) in [6.45, 7) is 3.19. The van der Waals surface area contributed by atoms with Gasteiger partial charge in [-0.05, 0) is 24.6 Å². The van der Waals surface area contributed by atoms with Crippen LogP contribution in [0, 0.1) is 0 Å². The Morgan fingerprint density at radius 2 is 1.88 bits per heavy atom. The molecule has 6 heteroatoms. The molecule has 2 aromatic carbocycles. The van der Waals surface area contributed by atoms with Gasteiger partial charge in [0.05, 0.1) is 12.1 Å². The second-order valence-electron chi connectivity index (χ2n) is 5.88. The lowest BCUT2D eigenvalue weighted by Gasteiger charge is -2.16. The number of nitrogens with zero attached hydrogens (tertiary/aromatic N) is 3. The third kappa shape index (κ3) is 4.67. The predicted molar refractivity (Wildman–Crippen MR) is 97.2 cm³/mol. The summed E-state index contributed by atoms with van der Waals surface area (Å²) in [4.78, 5) is 16.5. The summed E-state index contributed by atoms with van der Waals surface area (Å²) < 4.78 is 1.70. The highest BCUT2D eigenvalue weighted by Crippen LogP contribution is 2.16. The molecule has 2 N–H and O–H groups in total. The molecule has 0 aliphatic carbocycles. The molecule has 0 unspecified atom stereocenters. The molecule has 0 saturated carbocycles. The number of hydrogen-bond acceptors (Lipinski definition) is 4. The van der Waals surface area contributed by atoms with Gasteiger partial charge in [-0.25, -0.2) is 4.98 Å². The number of aromatic nitrogens is 3. The summed E-state index contributed by atoms with van der Waals surface area (Å²) in [5.41, 5.74) is 2.61. The van der Waals surface area contributed by atoms with E-state index < -0.39 is 0 Å². The van der Waals surface area contributed by atoms with Crippen molar-refractivity contribution in [3.63, 3.8) is 0 Å². The lowest BCUT2D eigenvalue weighted by atomic mass is 10.1. The number of para-hydroxylation sites is 1. The average Bonchev–Trinajstić information content (AvgIpc) is 3.14. The number of hydrogen-bond donors (Lipinski definition) is 2. The summed E-state index contributed by atoms with van der Waals surface area (Å²) in [7, 11) is 0. The molecule has 6 nitrogen and oxygen atoms in total. The van der Waals surface area contributed by atoms with E-state index in [0.29, 0.717) is 18.7 Å². The van der Waals surface area contributed by atoms with E-state index in [1.165, 1.54) is 6.33 Å². The van der Waals surface area contributed by atoms with E-state index in [1.54, 1.807) is 11.0 Å². The Kier molecular flexibility index (Phi) is 5.41. The first-order valence-corrected chi connectivity index (χ1v) is 8.22. The Morgan fingerprint density at radius 3 is 2.64 bits per heavy atom. The van der Waals surface area contributed by atoms with Gasteiger partial charge in [0.1, 0.15) is 12.7 Å². The Hall–Kier alpha value is -3.15. The molecule has 1 amide bonds. The topological polar surface area (TPSA) is 71.8 Å². The van der Waals surface area contributed by atoms with Crippen molar-refractivity contribution in [3.8, 4) is 0 Å². The van der Waals surface area contributed by atoms with Gasteiger partial charge in [0.2, 0.25) is 0 Å². The zero-order valence-corrected chi connectivity index (χ0v) is 14.1. The van der Waals surface area contributed by atoms with Crippen molar-refractivity contribution in [2.24, 2.45) is 0 Å². The van der Waals surface area contributed by atoms with Gasteiger partial charge >= 0.3 is 0 Å². The fourth-order valence-electron chi connectivity index (χ4n) is 2.58. The van der Waals surface area contributed by atoms with Crippen molar-refractivity contribution >= 4 is 11.6 Å². The molecular weight excluding hydrogens is 314 g/mol. The van der Waals surface area contributed by atoms with E-state index in [4.69, 9.17) is 0 Å². The highest BCUT2D eigenvalue weighted by atomic mass is 16.1. The molecule has 1 heterocycles. The van der Waals surface area contributed by atoms with E-state index in [1.807, 2.05) is 49.4 Å². The Morgan fingerprint density at radius 1 is 1.12 bits per heavy atom. The smallest absolute Gasteiger partial charge is 0.253 e. The van der Waals surface area contributed by atoms with Gasteiger partial charge in [0.15, 0.2) is 0 Å². The Labute approximate surface area is 146 Å². The normalized spacial score (nSPS) is 11.7. The van der Waals surface area contributed by atoms with Crippen LogP contribution in [-0.4, -0.2) is 26.7 Å². The fourth-order valence-corrected chi connectivity index (χ4v) is 2.58. The number of carbonyl (C=O) groups excluding carboxylic acids is 1. The van der Waals surface area contributed by atoms with Gasteiger partial charge in [-0.1, -0.05) is 42.5 Å². The zero-order chi connectivity index (χ0) is 17.5. The molecule has 0 fully saturated rings. The van der Waals surface area contributed by atoms with Crippen molar-refractivity contribution in [2.75, 3.05) is 5.32 Å². The van der Waals surface area contributed by atoms with Crippen LogP contribution in [0.4, 0.5) is 5.69 Å². The number of nitrogens with one attached hydrogen (secondary N) is 2. The van der Waals surface area contributed by atoms with Crippen LogP contribution < -0.4 is 10.6 Å². The summed E-state index contributed by atoms with van der Waals surface area (Å²) >= 11 is 0. The standard InChI is InChI=1S/C19H21N5O/c1-15(12-24-14-20-13-22-24)23-19(25)17-9-5-6-10-18(17)21-11-16-7-3-2-4-8-16/h2-10,13-15,21H,11-12H2,1H3,(H,23,25)/t15-/m1/s1. The van der Waals surface area contributed by atoms with Crippen LogP contribution in [-0.2, 0) is 13.1 Å². The summed E-state index contributed by atoms with van der Waals surface area (Å²) in [6, 6.07) is 17.6. The second kappa shape index (κ2) is 8.10. The molecule has 3 rings (SSSR count). The highest BCUT2D eigenvalue weighted by molar-refractivity contribution is 5.99. The van der Waals surface area contributed by atoms with Crippen LogP contribution in [0.1, 0.15) is 22.8 Å². The molecule has 0 radical (unpaired) electrons. The van der Waals surface area contributed by atoms with Crippen LogP contribution in [0.15, 0.2) is 67.3 Å². The molecular formula is C19H21N5O. The minimum Gasteiger partial charge on any atom is -0.380 e. The number of carbonyl (C=O) groups is 1. The van der Waals surface area contributed by atoms with Crippen LogP contribution in [0.3, 0.4) is 0 Å². The van der Waals surface area contributed by atoms with Crippen molar-refractivity contribution in [1.29, 1.82) is 0 Å². The maximum absolute atomic E-state index is 12.6. The largest absolute Gasteiger partial charge is 0.380 e. The molecule has 1 aromatic heterocycles. The SMILES string of the molecule is C[C@H](Cn1cncn1)NC(=O)c1ccccc1NCc1ccccc1. The highest BCUT2D eigenvalue weighted by Gasteiger charge is 2.14. The predicted octanol–water partition coefficient (Wildman–Crippen LogP) is 2.71. The van der Waals surface area contributed by atoms with E-state index in [0.717, 1.165) is 11.3 Å². The molecule has 1 atom stereocenters. The third-order valence-electron chi connectivity index (χ3n) is 3.80. The first-order valence-electron chi connectivity index (χ1n) is 8.22. The molecule has 0 bridgehead atoms. The van der Waals surface area contributed by atoms with Gasteiger partial charge in [-0.3, -0.25) is 9.48 Å². The average molecular weight is 335 g/mol. The molecule has 0 aliphatic heterocycles. The molecule has 25 heavy (non-hydrogen) atoms. The van der Waals surface area contributed by atoms with Crippen LogP contribution in [0.25, 0.3) is 0 Å². The minimum absolute atomic E-state index is 0.0589. The van der Waals surface area contributed by atoms with Crippen LogP contribution >= 0.6 is 0 Å². The maximum atomic E-state index is 12.6. The van der Waals surface area contributed by atoms with E-state index in [9.17, 15) is 4.79 Å². The second-order valence-corrected chi connectivity index (χ2v) is 5.88. The van der Waals surface area contributed by atoms with Crippen molar-refractivity contribution in [2.45, 2.75) is 26.1 Å². The molecule has 0 aliphatic rings. The molecule has 0 spiro atoms. The Balaban J connectivity index is 1.64. The first kappa shape index (κ1) is 16.7. The fraction of sp³-hybridized carbons (Fsp3) is 0.211. The van der Waals surface area contributed by atoms with Gasteiger partial charge in [0.25, 0.3) is 5.91 Å². The third-order valence-corrected chi connectivity index (χ3v) is 3.80. The van der Waals surface area contributed by atoms with E-state index in [2.05, 4.69) is 32.8 Å². The van der Waals surface area contributed by atoms with Crippen molar-refractivity contribution in [3.05, 3.63) is 78.4 Å². The van der Waals surface area contributed by atoms with Gasteiger partial charge < -0.3 is 10.6 Å². The van der Waals surface area contributed by atoms with Crippen LogP contribution in [0.5, 0.6) is 0 Å². The van der Waals surface area contributed by atoms with Crippen molar-refractivity contribution < 1.29 is 4.79 Å². The van der Waals surface area contributed by atoms with Crippen LogP contribution in [0.2, 0.25) is 0 Å². The minimum atomic E-state index is -0.108. The van der Waals surface area contributed by atoms with Gasteiger partial charge in [0, 0.05) is 18.3 Å². The number of amides is 1. The molecule has 0 saturated heterocycles.